The molecule has 2 amide bonds. The standard InChI is InChI=1S/C30H46N2O6/c1-19(2)13-23(28(35)31-25(15-21(5)6)27(34)30(7)18-38-30)16-26(33)24(14-20(3)4)32-29(36)37-17-22-11-9-8-10-12-22/h8-12,19-21,23-25H,13-18H2,1-7H3,(H,31,35)(H,32,36)/t23-,24?,25+,30?/m1/s1. The Kier molecular flexibility index (Phi) is 11.9. The highest BCUT2D eigenvalue weighted by molar-refractivity contribution is 5.97. The van der Waals surface area contributed by atoms with Crippen molar-refractivity contribution in [3.63, 3.8) is 0 Å². The fourth-order valence-corrected chi connectivity index (χ4v) is 4.50. The van der Waals surface area contributed by atoms with Crippen molar-refractivity contribution in [3.05, 3.63) is 35.9 Å². The lowest BCUT2D eigenvalue weighted by atomic mass is 9.87. The topological polar surface area (TPSA) is 114 Å². The molecule has 4 atom stereocenters. The van der Waals surface area contributed by atoms with Crippen molar-refractivity contribution in [1.82, 2.24) is 10.6 Å². The van der Waals surface area contributed by atoms with E-state index in [0.29, 0.717) is 25.9 Å². The maximum absolute atomic E-state index is 13.4. The van der Waals surface area contributed by atoms with Gasteiger partial charge in [-0.15, -0.1) is 0 Å². The predicted molar refractivity (Wildman–Crippen MR) is 146 cm³/mol. The van der Waals surface area contributed by atoms with E-state index in [4.69, 9.17) is 9.47 Å². The molecule has 0 radical (unpaired) electrons. The molecule has 2 unspecified atom stereocenters. The van der Waals surface area contributed by atoms with Crippen molar-refractivity contribution in [2.45, 2.75) is 98.4 Å². The fourth-order valence-electron chi connectivity index (χ4n) is 4.50. The monoisotopic (exact) mass is 530 g/mol. The first-order valence-electron chi connectivity index (χ1n) is 13.8. The molecular weight excluding hydrogens is 484 g/mol. The summed E-state index contributed by atoms with van der Waals surface area (Å²) in [6.07, 6.45) is 0.714. The van der Waals surface area contributed by atoms with E-state index in [2.05, 4.69) is 10.6 Å². The molecular formula is C30H46N2O6. The second-order valence-electron chi connectivity index (χ2n) is 12.0. The molecule has 0 aromatic heterocycles. The van der Waals surface area contributed by atoms with Crippen LogP contribution in [0, 0.1) is 23.7 Å². The van der Waals surface area contributed by atoms with Crippen LogP contribution in [0.1, 0.15) is 79.7 Å². The second kappa shape index (κ2) is 14.4. The van der Waals surface area contributed by atoms with Gasteiger partial charge in [0.2, 0.25) is 5.91 Å². The van der Waals surface area contributed by atoms with E-state index in [9.17, 15) is 19.2 Å². The number of ketones is 2. The largest absolute Gasteiger partial charge is 0.445 e. The van der Waals surface area contributed by atoms with Gasteiger partial charge in [0.05, 0.1) is 18.7 Å². The molecule has 8 heteroatoms. The van der Waals surface area contributed by atoms with Crippen molar-refractivity contribution in [2.75, 3.05) is 6.61 Å². The van der Waals surface area contributed by atoms with Crippen molar-refractivity contribution >= 4 is 23.6 Å². The molecule has 0 aliphatic carbocycles. The number of carbonyl (C=O) groups excluding carboxylic acids is 4. The minimum atomic E-state index is -0.845. The molecule has 1 fully saturated rings. The molecule has 1 heterocycles. The summed E-state index contributed by atoms with van der Waals surface area (Å²) < 4.78 is 10.7. The lowest BCUT2D eigenvalue weighted by molar-refractivity contribution is -0.134. The number of benzene rings is 1. The lowest BCUT2D eigenvalue weighted by Crippen LogP contribution is -2.49. The van der Waals surface area contributed by atoms with Crippen molar-refractivity contribution < 1.29 is 28.7 Å². The van der Waals surface area contributed by atoms with Crippen molar-refractivity contribution in [2.24, 2.45) is 23.7 Å². The quantitative estimate of drug-likeness (QED) is 0.296. The third kappa shape index (κ3) is 10.6. The number of epoxide rings is 1. The molecule has 1 saturated heterocycles. The third-order valence-corrected chi connectivity index (χ3v) is 6.61. The van der Waals surface area contributed by atoms with Gasteiger partial charge >= 0.3 is 6.09 Å². The van der Waals surface area contributed by atoms with Gasteiger partial charge in [-0.2, -0.15) is 0 Å². The Morgan fingerprint density at radius 1 is 0.868 bits per heavy atom. The summed E-state index contributed by atoms with van der Waals surface area (Å²) in [5.41, 5.74) is 0.00166. The maximum Gasteiger partial charge on any atom is 0.408 e. The van der Waals surface area contributed by atoms with Crippen LogP contribution in [-0.4, -0.2) is 47.9 Å². The average Bonchev–Trinajstić information content (AvgIpc) is 3.59. The van der Waals surface area contributed by atoms with Crippen LogP contribution in [0.15, 0.2) is 30.3 Å². The van der Waals surface area contributed by atoms with Crippen LogP contribution < -0.4 is 10.6 Å². The van der Waals surface area contributed by atoms with Gasteiger partial charge in [-0.1, -0.05) is 71.9 Å². The van der Waals surface area contributed by atoms with Gasteiger partial charge in [0.15, 0.2) is 11.6 Å². The van der Waals surface area contributed by atoms with E-state index >= 15 is 0 Å². The fraction of sp³-hybridized carbons (Fsp3) is 0.667. The summed E-state index contributed by atoms with van der Waals surface area (Å²) in [5, 5.41) is 5.65. The smallest absolute Gasteiger partial charge is 0.408 e. The van der Waals surface area contributed by atoms with E-state index < -0.39 is 29.7 Å². The van der Waals surface area contributed by atoms with Crippen molar-refractivity contribution in [1.29, 1.82) is 0 Å². The number of ether oxygens (including phenoxy) is 2. The average molecular weight is 531 g/mol. The lowest BCUT2D eigenvalue weighted by Gasteiger charge is -2.26. The molecule has 0 spiro atoms. The number of alkyl carbamates (subject to hydrolysis) is 1. The first-order valence-corrected chi connectivity index (χ1v) is 13.8. The van der Waals surface area contributed by atoms with E-state index in [-0.39, 0.29) is 48.3 Å². The zero-order valence-corrected chi connectivity index (χ0v) is 24.0. The number of carbonyl (C=O) groups is 4. The third-order valence-electron chi connectivity index (χ3n) is 6.61. The van der Waals surface area contributed by atoms with Gasteiger partial charge in [0, 0.05) is 12.3 Å². The number of hydrogen-bond donors (Lipinski definition) is 2. The van der Waals surface area contributed by atoms with Gasteiger partial charge in [-0.25, -0.2) is 4.79 Å². The van der Waals surface area contributed by atoms with Crippen LogP contribution in [0.25, 0.3) is 0 Å². The Bertz CT molecular complexity index is 939. The SMILES string of the molecule is CC(C)CC(NC(=O)OCc1ccccc1)C(=O)C[C@@H](CC(C)C)C(=O)N[C@@H](CC(C)C)C(=O)C1(C)CO1. The molecule has 2 N–H and O–H groups in total. The number of nitrogens with one attached hydrogen (secondary N) is 2. The van der Waals surface area contributed by atoms with Crippen LogP contribution >= 0.6 is 0 Å². The second-order valence-corrected chi connectivity index (χ2v) is 12.0. The molecule has 1 aliphatic heterocycles. The summed E-state index contributed by atoms with van der Waals surface area (Å²) in [6, 6.07) is 7.87. The zero-order valence-electron chi connectivity index (χ0n) is 24.0. The normalized spacial score (nSPS) is 19.1. The Morgan fingerprint density at radius 2 is 1.42 bits per heavy atom. The van der Waals surface area contributed by atoms with E-state index in [1.54, 1.807) is 6.92 Å². The first kappa shape index (κ1) is 31.5. The molecule has 212 valence electrons. The predicted octanol–water partition coefficient (Wildman–Crippen LogP) is 4.84. The number of amides is 2. The Morgan fingerprint density at radius 3 is 1.95 bits per heavy atom. The molecule has 1 aromatic rings. The minimum absolute atomic E-state index is 0.0310. The van der Waals surface area contributed by atoms with E-state index in [1.165, 1.54) is 0 Å². The number of hydrogen-bond acceptors (Lipinski definition) is 6. The summed E-state index contributed by atoms with van der Waals surface area (Å²) in [7, 11) is 0. The molecule has 2 rings (SSSR count). The highest BCUT2D eigenvalue weighted by Gasteiger charge is 2.50. The zero-order chi connectivity index (χ0) is 28.5. The van der Waals surface area contributed by atoms with Crippen LogP contribution in [0.5, 0.6) is 0 Å². The molecule has 1 aromatic carbocycles. The summed E-state index contributed by atoms with van der Waals surface area (Å²) in [4.78, 5) is 52.4. The minimum Gasteiger partial charge on any atom is -0.445 e. The highest BCUT2D eigenvalue weighted by atomic mass is 16.6. The molecule has 38 heavy (non-hydrogen) atoms. The Balaban J connectivity index is 2.09. The first-order chi connectivity index (χ1) is 17.8. The molecule has 0 saturated carbocycles. The maximum atomic E-state index is 13.4. The summed E-state index contributed by atoms with van der Waals surface area (Å²) >= 11 is 0. The molecule has 1 aliphatic rings. The van der Waals surface area contributed by atoms with Crippen LogP contribution in [0.2, 0.25) is 0 Å². The van der Waals surface area contributed by atoms with Crippen molar-refractivity contribution in [3.8, 4) is 0 Å². The van der Waals surface area contributed by atoms with Gasteiger partial charge in [-0.05, 0) is 49.5 Å². The van der Waals surface area contributed by atoms with Crippen LogP contribution in [0.4, 0.5) is 4.79 Å². The summed E-state index contributed by atoms with van der Waals surface area (Å²) in [6.45, 7) is 14.1. The van der Waals surface area contributed by atoms with Gasteiger partial charge in [0.1, 0.15) is 12.2 Å². The molecule has 8 nitrogen and oxygen atoms in total. The number of Topliss-reactive ketones (excluding diaryl/α,β-unsaturated/α-hetero) is 2. The van der Waals surface area contributed by atoms with E-state index in [0.717, 1.165) is 5.56 Å². The van der Waals surface area contributed by atoms with Gasteiger partial charge < -0.3 is 20.1 Å². The highest BCUT2D eigenvalue weighted by Crippen LogP contribution is 2.30. The summed E-state index contributed by atoms with van der Waals surface area (Å²) in [5.74, 6) is -0.786. The van der Waals surface area contributed by atoms with Crippen LogP contribution in [0.3, 0.4) is 0 Å². The Hall–Kier alpha value is -2.74. The molecule has 0 bridgehead atoms. The van der Waals surface area contributed by atoms with E-state index in [1.807, 2.05) is 71.9 Å². The van der Waals surface area contributed by atoms with Crippen LogP contribution in [-0.2, 0) is 30.5 Å². The number of rotatable bonds is 16. The van der Waals surface area contributed by atoms with Gasteiger partial charge in [0.25, 0.3) is 0 Å². The Labute approximate surface area is 227 Å². The van der Waals surface area contributed by atoms with Gasteiger partial charge in [-0.3, -0.25) is 14.4 Å².